The Balaban J connectivity index is 0.00000182. The van der Waals surface area contributed by atoms with E-state index in [2.05, 4.69) is 10.3 Å². The number of hydrogen-bond acceptors (Lipinski definition) is 3. The molecule has 1 aliphatic carbocycles. The van der Waals surface area contributed by atoms with Gasteiger partial charge in [0.1, 0.15) is 5.82 Å². The molecule has 4 rings (SSSR count). The number of aromatic nitrogens is 1. The molecule has 2 aromatic rings. The van der Waals surface area contributed by atoms with E-state index >= 15 is 0 Å². The summed E-state index contributed by atoms with van der Waals surface area (Å²) in [7, 11) is 0. The molecular weight excluding hydrogens is 341 g/mol. The highest BCUT2D eigenvalue weighted by Crippen LogP contribution is 2.49. The highest BCUT2D eigenvalue weighted by molar-refractivity contribution is 5.85. The van der Waals surface area contributed by atoms with E-state index in [-0.39, 0.29) is 42.0 Å². The van der Waals surface area contributed by atoms with Crippen molar-refractivity contribution in [2.75, 3.05) is 19.6 Å². The Labute approximate surface area is 152 Å². The Kier molecular flexibility index (Phi) is 5.35. The molecule has 4 nitrogen and oxygen atoms in total. The van der Waals surface area contributed by atoms with Gasteiger partial charge in [-0.1, -0.05) is 18.2 Å². The standard InChI is InChI=1S/C19H20FN3O.ClH/c20-15-5-3-13(4-6-15)16-10-17(16)19(24)23-9-8-22-12-18(23)14-2-1-7-21-11-14;/h1-7,11,16-18,22H,8-10,12H2;1H. The van der Waals surface area contributed by atoms with Gasteiger partial charge in [0.05, 0.1) is 6.04 Å². The zero-order chi connectivity index (χ0) is 16.5. The van der Waals surface area contributed by atoms with Crippen LogP contribution >= 0.6 is 12.4 Å². The summed E-state index contributed by atoms with van der Waals surface area (Å²) < 4.78 is 13.1. The predicted octanol–water partition coefficient (Wildman–Crippen LogP) is 2.92. The van der Waals surface area contributed by atoms with Gasteiger partial charge in [0.2, 0.25) is 5.91 Å². The molecule has 1 N–H and O–H groups in total. The van der Waals surface area contributed by atoms with Crippen LogP contribution in [-0.2, 0) is 4.79 Å². The number of piperazine rings is 1. The van der Waals surface area contributed by atoms with E-state index < -0.39 is 0 Å². The monoisotopic (exact) mass is 361 g/mol. The van der Waals surface area contributed by atoms with Crippen molar-refractivity contribution < 1.29 is 9.18 Å². The Morgan fingerprint density at radius 3 is 2.72 bits per heavy atom. The van der Waals surface area contributed by atoms with Crippen LogP contribution in [-0.4, -0.2) is 35.4 Å². The van der Waals surface area contributed by atoms with E-state index in [1.54, 1.807) is 18.3 Å². The van der Waals surface area contributed by atoms with Gasteiger partial charge in [0.25, 0.3) is 0 Å². The number of carbonyl (C=O) groups excluding carboxylic acids is 1. The van der Waals surface area contributed by atoms with Crippen molar-refractivity contribution in [3.05, 3.63) is 65.7 Å². The quantitative estimate of drug-likeness (QED) is 0.914. The van der Waals surface area contributed by atoms with Crippen LogP contribution in [0.4, 0.5) is 4.39 Å². The first-order chi connectivity index (χ1) is 11.7. The second-order valence-corrected chi connectivity index (χ2v) is 6.54. The van der Waals surface area contributed by atoms with Gasteiger partial charge in [-0.25, -0.2) is 4.39 Å². The molecule has 0 bridgehead atoms. The number of nitrogens with one attached hydrogen (secondary N) is 1. The minimum Gasteiger partial charge on any atom is -0.333 e. The van der Waals surface area contributed by atoms with Crippen LogP contribution in [0.1, 0.15) is 29.5 Å². The van der Waals surface area contributed by atoms with E-state index in [4.69, 9.17) is 0 Å². The first-order valence-corrected chi connectivity index (χ1v) is 8.40. The number of halogens is 2. The SMILES string of the molecule is Cl.O=C(C1CC1c1ccc(F)cc1)N1CCNCC1c1cccnc1. The van der Waals surface area contributed by atoms with E-state index in [0.29, 0.717) is 6.54 Å². The van der Waals surface area contributed by atoms with Crippen LogP contribution in [0.3, 0.4) is 0 Å². The summed E-state index contributed by atoms with van der Waals surface area (Å²) in [5.41, 5.74) is 2.12. The molecule has 1 saturated carbocycles. The minimum absolute atomic E-state index is 0. The van der Waals surface area contributed by atoms with Gasteiger partial charge in [-0.2, -0.15) is 0 Å². The summed E-state index contributed by atoms with van der Waals surface area (Å²) in [6, 6.07) is 10.5. The normalized spacial score (nSPS) is 25.2. The number of rotatable bonds is 3. The third kappa shape index (κ3) is 3.67. The van der Waals surface area contributed by atoms with Crippen LogP contribution in [0.25, 0.3) is 0 Å². The summed E-state index contributed by atoms with van der Waals surface area (Å²) in [4.78, 5) is 19.2. The Bertz CT molecular complexity index is 725. The first kappa shape index (κ1) is 17.8. The molecule has 0 spiro atoms. The van der Waals surface area contributed by atoms with Crippen molar-refractivity contribution in [2.45, 2.75) is 18.4 Å². The number of nitrogens with zero attached hydrogens (tertiary/aromatic N) is 2. The maximum absolute atomic E-state index is 13.1. The second kappa shape index (κ2) is 7.50. The van der Waals surface area contributed by atoms with Crippen LogP contribution in [0.15, 0.2) is 48.8 Å². The Hall–Kier alpha value is -1.98. The van der Waals surface area contributed by atoms with Crippen molar-refractivity contribution in [3.8, 4) is 0 Å². The van der Waals surface area contributed by atoms with Gasteiger partial charge in [0, 0.05) is 37.9 Å². The molecule has 132 valence electrons. The summed E-state index contributed by atoms with van der Waals surface area (Å²) in [5.74, 6) is 0.218. The molecule has 3 atom stereocenters. The summed E-state index contributed by atoms with van der Waals surface area (Å²) in [6.45, 7) is 2.28. The van der Waals surface area contributed by atoms with Crippen LogP contribution in [0.5, 0.6) is 0 Å². The molecule has 1 saturated heterocycles. The first-order valence-electron chi connectivity index (χ1n) is 8.40. The highest BCUT2D eigenvalue weighted by Gasteiger charge is 2.47. The van der Waals surface area contributed by atoms with Crippen molar-refractivity contribution in [3.63, 3.8) is 0 Å². The number of amides is 1. The van der Waals surface area contributed by atoms with E-state index in [1.165, 1.54) is 12.1 Å². The average molecular weight is 362 g/mol. The van der Waals surface area contributed by atoms with Gasteiger partial charge >= 0.3 is 0 Å². The lowest BCUT2D eigenvalue weighted by Gasteiger charge is -2.36. The smallest absolute Gasteiger partial charge is 0.226 e. The lowest BCUT2D eigenvalue weighted by Crippen LogP contribution is -2.49. The molecule has 2 fully saturated rings. The maximum atomic E-state index is 13.1. The van der Waals surface area contributed by atoms with Gasteiger partial charge in [-0.15, -0.1) is 12.4 Å². The molecule has 3 unspecified atom stereocenters. The van der Waals surface area contributed by atoms with Crippen LogP contribution in [0.2, 0.25) is 0 Å². The fraction of sp³-hybridized carbons (Fsp3) is 0.368. The molecule has 1 amide bonds. The van der Waals surface area contributed by atoms with Crippen molar-refractivity contribution in [2.24, 2.45) is 5.92 Å². The van der Waals surface area contributed by atoms with E-state index in [9.17, 15) is 9.18 Å². The molecule has 0 radical (unpaired) electrons. The summed E-state index contributed by atoms with van der Waals surface area (Å²) in [5, 5.41) is 3.36. The van der Waals surface area contributed by atoms with Crippen molar-refractivity contribution in [1.82, 2.24) is 15.2 Å². The predicted molar refractivity (Wildman–Crippen MR) is 96.1 cm³/mol. The third-order valence-electron chi connectivity index (χ3n) is 5.00. The van der Waals surface area contributed by atoms with Crippen LogP contribution in [0, 0.1) is 11.7 Å². The molecule has 6 heteroatoms. The van der Waals surface area contributed by atoms with Gasteiger partial charge in [-0.3, -0.25) is 9.78 Å². The van der Waals surface area contributed by atoms with Crippen LogP contribution < -0.4 is 5.32 Å². The molecule has 1 aromatic carbocycles. The maximum Gasteiger partial charge on any atom is 0.226 e. The number of hydrogen-bond donors (Lipinski definition) is 1. The zero-order valence-corrected chi connectivity index (χ0v) is 14.6. The fourth-order valence-corrected chi connectivity index (χ4v) is 3.60. The Morgan fingerprint density at radius 2 is 2.00 bits per heavy atom. The molecular formula is C19H21ClFN3O. The number of benzene rings is 1. The van der Waals surface area contributed by atoms with Gasteiger partial charge in [0.15, 0.2) is 0 Å². The molecule has 25 heavy (non-hydrogen) atoms. The largest absolute Gasteiger partial charge is 0.333 e. The topological polar surface area (TPSA) is 45.2 Å². The zero-order valence-electron chi connectivity index (χ0n) is 13.8. The molecule has 2 heterocycles. The number of pyridine rings is 1. The lowest BCUT2D eigenvalue weighted by molar-refractivity contribution is -0.136. The molecule has 1 aromatic heterocycles. The summed E-state index contributed by atoms with van der Waals surface area (Å²) >= 11 is 0. The lowest BCUT2D eigenvalue weighted by atomic mass is 10.0. The second-order valence-electron chi connectivity index (χ2n) is 6.54. The average Bonchev–Trinajstić information content (AvgIpc) is 3.43. The van der Waals surface area contributed by atoms with Gasteiger partial charge in [-0.05, 0) is 41.7 Å². The van der Waals surface area contributed by atoms with Crippen molar-refractivity contribution >= 4 is 18.3 Å². The van der Waals surface area contributed by atoms with Crippen molar-refractivity contribution in [1.29, 1.82) is 0 Å². The minimum atomic E-state index is -0.235. The Morgan fingerprint density at radius 1 is 1.20 bits per heavy atom. The van der Waals surface area contributed by atoms with E-state index in [0.717, 1.165) is 30.6 Å². The van der Waals surface area contributed by atoms with E-state index in [1.807, 2.05) is 23.2 Å². The van der Waals surface area contributed by atoms with Gasteiger partial charge < -0.3 is 10.2 Å². The third-order valence-corrected chi connectivity index (χ3v) is 5.00. The number of carbonyl (C=O) groups is 1. The highest BCUT2D eigenvalue weighted by atomic mass is 35.5. The molecule has 2 aliphatic rings. The summed E-state index contributed by atoms with van der Waals surface area (Å²) in [6.07, 6.45) is 4.44. The molecule has 1 aliphatic heterocycles. The fourth-order valence-electron chi connectivity index (χ4n) is 3.60.